The van der Waals surface area contributed by atoms with E-state index in [1.165, 1.54) is 24.3 Å². The van der Waals surface area contributed by atoms with Crippen LogP contribution >= 0.6 is 11.6 Å². The van der Waals surface area contributed by atoms with Crippen LogP contribution in [0.1, 0.15) is 21.5 Å². The lowest BCUT2D eigenvalue weighted by atomic mass is 10.1. The largest absolute Gasteiger partial charge is 0.273 e. The van der Waals surface area contributed by atoms with Crippen molar-refractivity contribution in [3.8, 4) is 0 Å². The first-order chi connectivity index (χ1) is 14.8. The third-order valence-electron chi connectivity index (χ3n) is 4.31. The number of benzene rings is 3. The van der Waals surface area contributed by atoms with Crippen LogP contribution in [-0.4, -0.2) is 20.2 Å². The highest BCUT2D eigenvalue weighted by atomic mass is 35.5. The summed E-state index contributed by atoms with van der Waals surface area (Å²) in [6, 6.07) is 21.4. The molecule has 0 aliphatic rings. The Hall–Kier alpha value is -3.20. The number of carbonyl (C=O) groups excluding carboxylic acids is 2. The van der Waals surface area contributed by atoms with Gasteiger partial charge in [-0.3, -0.25) is 20.4 Å². The molecule has 9 heteroatoms. The van der Waals surface area contributed by atoms with Crippen molar-refractivity contribution in [2.75, 3.05) is 0 Å². The maximum Gasteiger partial charge on any atom is 0.269 e. The molecule has 0 atom stereocenters. The lowest BCUT2D eigenvalue weighted by Crippen LogP contribution is -2.42. The van der Waals surface area contributed by atoms with E-state index in [-0.39, 0.29) is 23.4 Å². The molecule has 7 nitrogen and oxygen atoms in total. The minimum absolute atomic E-state index is 0.0509. The Morgan fingerprint density at radius 1 is 0.806 bits per heavy atom. The normalized spacial score (nSPS) is 11.0. The van der Waals surface area contributed by atoms with Gasteiger partial charge in [0.15, 0.2) is 0 Å². The molecular formula is C22H20ClN3O4S. The molecule has 3 N–H and O–H groups in total. The second-order valence-corrected chi connectivity index (χ2v) is 8.85. The maximum absolute atomic E-state index is 12.6. The van der Waals surface area contributed by atoms with Crippen LogP contribution in [0.2, 0.25) is 5.02 Å². The Balaban J connectivity index is 1.58. The summed E-state index contributed by atoms with van der Waals surface area (Å²) < 4.78 is 27.6. The first kappa shape index (κ1) is 22.5. The lowest BCUT2D eigenvalue weighted by molar-refractivity contribution is -0.121. The fraction of sp³-hybridized carbons (Fsp3) is 0.0909. The summed E-state index contributed by atoms with van der Waals surface area (Å²) >= 11 is 5.81. The number of hydrazine groups is 1. The quantitative estimate of drug-likeness (QED) is 0.474. The highest BCUT2D eigenvalue weighted by molar-refractivity contribution is 7.89. The fourth-order valence-electron chi connectivity index (χ4n) is 2.69. The molecule has 160 valence electrons. The first-order valence-corrected chi connectivity index (χ1v) is 11.2. The summed E-state index contributed by atoms with van der Waals surface area (Å²) in [4.78, 5) is 24.3. The number of hydrogen-bond acceptors (Lipinski definition) is 4. The highest BCUT2D eigenvalue weighted by Gasteiger charge is 2.16. The second kappa shape index (κ2) is 10.2. The molecular weight excluding hydrogens is 438 g/mol. The minimum atomic E-state index is -3.82. The Morgan fingerprint density at radius 3 is 2.23 bits per heavy atom. The lowest BCUT2D eigenvalue weighted by Gasteiger charge is -2.10. The molecule has 2 amide bonds. The summed E-state index contributed by atoms with van der Waals surface area (Å²) in [6.07, 6.45) is 0.0509. The van der Waals surface area contributed by atoms with Crippen LogP contribution in [0.3, 0.4) is 0 Å². The number of rotatable bonds is 7. The number of nitrogens with one attached hydrogen (secondary N) is 3. The zero-order valence-electron chi connectivity index (χ0n) is 16.3. The van der Waals surface area contributed by atoms with E-state index in [4.69, 9.17) is 11.6 Å². The molecule has 0 saturated carbocycles. The zero-order chi connectivity index (χ0) is 22.3. The average molecular weight is 458 g/mol. The standard InChI is InChI=1S/C22H20ClN3O4S/c23-19-11-9-16(10-12-19)13-21(27)25-26-22(28)18-7-4-8-20(14-18)31(29,30)24-15-17-5-2-1-3-6-17/h1-12,14,24H,13,15H2,(H,25,27)(H,26,28). The molecule has 3 rings (SSSR count). The summed E-state index contributed by atoms with van der Waals surface area (Å²) in [5, 5.41) is 0.561. The van der Waals surface area contributed by atoms with Crippen molar-refractivity contribution in [1.82, 2.24) is 15.6 Å². The predicted octanol–water partition coefficient (Wildman–Crippen LogP) is 2.82. The highest BCUT2D eigenvalue weighted by Crippen LogP contribution is 2.13. The van der Waals surface area contributed by atoms with Gasteiger partial charge < -0.3 is 0 Å². The van der Waals surface area contributed by atoms with Gasteiger partial charge in [-0.05, 0) is 41.5 Å². The summed E-state index contributed by atoms with van der Waals surface area (Å²) in [6.45, 7) is 0.125. The van der Waals surface area contributed by atoms with Crippen molar-refractivity contribution in [3.63, 3.8) is 0 Å². The molecule has 0 radical (unpaired) electrons. The number of carbonyl (C=O) groups is 2. The molecule has 0 aliphatic carbocycles. The van der Waals surface area contributed by atoms with Crippen LogP contribution < -0.4 is 15.6 Å². The Bertz CT molecular complexity index is 1170. The van der Waals surface area contributed by atoms with E-state index in [1.807, 2.05) is 18.2 Å². The van der Waals surface area contributed by atoms with Gasteiger partial charge in [0.2, 0.25) is 15.9 Å². The Kier molecular flexibility index (Phi) is 7.41. The molecule has 0 heterocycles. The van der Waals surface area contributed by atoms with Gasteiger partial charge in [0.25, 0.3) is 5.91 Å². The van der Waals surface area contributed by atoms with Gasteiger partial charge >= 0.3 is 0 Å². The monoisotopic (exact) mass is 457 g/mol. The van der Waals surface area contributed by atoms with Crippen molar-refractivity contribution in [1.29, 1.82) is 0 Å². The molecule has 3 aromatic carbocycles. The third kappa shape index (κ3) is 6.65. The molecule has 0 bridgehead atoms. The summed E-state index contributed by atoms with van der Waals surface area (Å²) in [5.41, 5.74) is 6.23. The molecule has 0 saturated heterocycles. The van der Waals surface area contributed by atoms with E-state index in [0.29, 0.717) is 5.02 Å². The van der Waals surface area contributed by atoms with E-state index in [0.717, 1.165) is 11.1 Å². The van der Waals surface area contributed by atoms with Gasteiger partial charge in [-0.25, -0.2) is 13.1 Å². The molecule has 31 heavy (non-hydrogen) atoms. The average Bonchev–Trinajstić information content (AvgIpc) is 2.78. The van der Waals surface area contributed by atoms with Crippen molar-refractivity contribution < 1.29 is 18.0 Å². The van der Waals surface area contributed by atoms with Gasteiger partial charge in [0, 0.05) is 17.1 Å². The van der Waals surface area contributed by atoms with E-state index in [2.05, 4.69) is 15.6 Å². The van der Waals surface area contributed by atoms with Crippen LogP contribution in [0.4, 0.5) is 0 Å². The summed E-state index contributed by atoms with van der Waals surface area (Å²) in [7, 11) is -3.82. The van der Waals surface area contributed by atoms with Gasteiger partial charge in [-0.2, -0.15) is 0 Å². The molecule has 0 unspecified atom stereocenters. The van der Waals surface area contributed by atoms with Crippen LogP contribution in [-0.2, 0) is 27.8 Å². The van der Waals surface area contributed by atoms with Gasteiger partial charge in [-0.15, -0.1) is 0 Å². The van der Waals surface area contributed by atoms with Crippen LogP contribution in [0.15, 0.2) is 83.8 Å². The number of amides is 2. The molecule has 0 aromatic heterocycles. The Morgan fingerprint density at radius 2 is 1.52 bits per heavy atom. The predicted molar refractivity (Wildman–Crippen MR) is 118 cm³/mol. The SMILES string of the molecule is O=C(Cc1ccc(Cl)cc1)NNC(=O)c1cccc(S(=O)(=O)NCc2ccccc2)c1. The van der Waals surface area contributed by atoms with E-state index >= 15 is 0 Å². The van der Waals surface area contributed by atoms with Gasteiger partial charge in [0.05, 0.1) is 11.3 Å². The third-order valence-corrected chi connectivity index (χ3v) is 5.96. The van der Waals surface area contributed by atoms with E-state index < -0.39 is 21.8 Å². The first-order valence-electron chi connectivity index (χ1n) is 9.31. The topological polar surface area (TPSA) is 104 Å². The zero-order valence-corrected chi connectivity index (χ0v) is 17.9. The van der Waals surface area contributed by atoms with Crippen molar-refractivity contribution in [2.24, 2.45) is 0 Å². The number of hydrogen-bond donors (Lipinski definition) is 3. The maximum atomic E-state index is 12.6. The molecule has 0 aliphatic heterocycles. The van der Waals surface area contributed by atoms with Crippen LogP contribution in [0.5, 0.6) is 0 Å². The summed E-state index contributed by atoms with van der Waals surface area (Å²) in [5.74, 6) is -1.06. The van der Waals surface area contributed by atoms with Crippen LogP contribution in [0, 0.1) is 0 Å². The fourth-order valence-corrected chi connectivity index (χ4v) is 3.88. The Labute approximate surface area is 185 Å². The number of sulfonamides is 1. The molecule has 0 spiro atoms. The molecule has 3 aromatic rings. The van der Waals surface area contributed by atoms with E-state index in [9.17, 15) is 18.0 Å². The van der Waals surface area contributed by atoms with Gasteiger partial charge in [-0.1, -0.05) is 60.1 Å². The van der Waals surface area contributed by atoms with Gasteiger partial charge in [0.1, 0.15) is 0 Å². The minimum Gasteiger partial charge on any atom is -0.273 e. The van der Waals surface area contributed by atoms with Crippen molar-refractivity contribution in [2.45, 2.75) is 17.9 Å². The van der Waals surface area contributed by atoms with Crippen LogP contribution in [0.25, 0.3) is 0 Å². The van der Waals surface area contributed by atoms with Crippen molar-refractivity contribution >= 4 is 33.4 Å². The van der Waals surface area contributed by atoms with E-state index in [1.54, 1.807) is 36.4 Å². The van der Waals surface area contributed by atoms with Crippen molar-refractivity contribution in [3.05, 3.63) is 101 Å². The molecule has 0 fully saturated rings. The smallest absolute Gasteiger partial charge is 0.269 e. The number of halogens is 1. The second-order valence-electron chi connectivity index (χ2n) is 6.64.